The molecule has 2 aromatic rings. The average Bonchev–Trinajstić information content (AvgIpc) is 3.19. The maximum Gasteiger partial charge on any atom is 0.279 e. The highest BCUT2D eigenvalue weighted by molar-refractivity contribution is 7.13. The van der Waals surface area contributed by atoms with Crippen molar-refractivity contribution in [2.75, 3.05) is 25.0 Å². The van der Waals surface area contributed by atoms with Crippen LogP contribution in [-0.4, -0.2) is 36.5 Å². The number of quaternary nitrogens is 1. The summed E-state index contributed by atoms with van der Waals surface area (Å²) in [5, 5.41) is 15.8. The number of aromatic nitrogens is 1. The number of likely N-dealkylation sites (tertiary alicyclic amines) is 1. The van der Waals surface area contributed by atoms with Crippen molar-refractivity contribution >= 4 is 28.9 Å². The van der Waals surface area contributed by atoms with Gasteiger partial charge in [-0.1, -0.05) is 12.1 Å². The zero-order chi connectivity index (χ0) is 16.2. The zero-order valence-electron chi connectivity index (χ0n) is 12.5. The normalized spacial score (nSPS) is 14.8. The maximum atomic E-state index is 12.2. The highest BCUT2D eigenvalue weighted by atomic mass is 32.1. The summed E-state index contributed by atoms with van der Waals surface area (Å²) in [4.78, 5) is 28.4. The Balaban J connectivity index is 1.76. The van der Waals surface area contributed by atoms with Crippen molar-refractivity contribution in [1.82, 2.24) is 4.98 Å². The van der Waals surface area contributed by atoms with Crippen LogP contribution >= 0.6 is 11.3 Å². The second-order valence-electron chi connectivity index (χ2n) is 5.55. The van der Waals surface area contributed by atoms with Gasteiger partial charge in [-0.25, -0.2) is 4.98 Å². The molecule has 3 rings (SSSR count). The van der Waals surface area contributed by atoms with E-state index in [4.69, 9.17) is 0 Å². The molecule has 1 saturated heterocycles. The lowest BCUT2D eigenvalue weighted by Gasteiger charge is -2.13. The molecule has 6 nitrogen and oxygen atoms in total. The molecule has 7 heteroatoms. The Kier molecular flexibility index (Phi) is 4.68. The first-order valence-electron chi connectivity index (χ1n) is 7.53. The monoisotopic (exact) mass is 331 g/mol. The average molecular weight is 331 g/mol. The summed E-state index contributed by atoms with van der Waals surface area (Å²) in [6.45, 7) is 2.53. The van der Waals surface area contributed by atoms with Crippen LogP contribution < -0.4 is 15.3 Å². The van der Waals surface area contributed by atoms with Crippen LogP contribution in [0, 0.1) is 0 Å². The smallest absolute Gasteiger partial charge is 0.279 e. The molecular weight excluding hydrogens is 314 g/mol. The molecule has 0 bridgehead atoms. The third kappa shape index (κ3) is 3.75. The highest BCUT2D eigenvalue weighted by Crippen LogP contribution is 2.30. The van der Waals surface area contributed by atoms with Gasteiger partial charge < -0.3 is 20.1 Å². The van der Waals surface area contributed by atoms with Gasteiger partial charge in [0.1, 0.15) is 5.01 Å². The van der Waals surface area contributed by atoms with Crippen LogP contribution in [0.15, 0.2) is 29.6 Å². The van der Waals surface area contributed by atoms with E-state index in [-0.39, 0.29) is 11.6 Å². The number of nitrogens with zero attached hydrogens (tertiary/aromatic N) is 1. The number of benzene rings is 1. The lowest BCUT2D eigenvalue weighted by atomic mass is 10.2. The molecule has 0 radical (unpaired) electrons. The molecule has 0 saturated carbocycles. The van der Waals surface area contributed by atoms with Crippen LogP contribution in [0.1, 0.15) is 23.3 Å². The van der Waals surface area contributed by atoms with E-state index in [1.165, 1.54) is 34.5 Å². The molecular formula is C16H17N3O3S. The quantitative estimate of drug-likeness (QED) is 0.794. The molecule has 23 heavy (non-hydrogen) atoms. The van der Waals surface area contributed by atoms with Gasteiger partial charge in [0.05, 0.1) is 30.4 Å². The first-order chi connectivity index (χ1) is 11.1. The van der Waals surface area contributed by atoms with E-state index >= 15 is 0 Å². The fourth-order valence-corrected chi connectivity index (χ4v) is 3.57. The Morgan fingerprint density at radius 3 is 2.70 bits per heavy atom. The number of carboxylic acid groups (broad SMARTS) is 1. The van der Waals surface area contributed by atoms with E-state index in [2.05, 4.69) is 10.3 Å². The second kappa shape index (κ2) is 6.89. The predicted octanol–water partition coefficient (Wildman–Crippen LogP) is -0.209. The largest absolute Gasteiger partial charge is 0.543 e. The van der Waals surface area contributed by atoms with Crippen LogP contribution in [0.5, 0.6) is 0 Å². The summed E-state index contributed by atoms with van der Waals surface area (Å²) in [5.74, 6) is -1.34. The predicted molar refractivity (Wildman–Crippen MR) is 85.3 cm³/mol. The molecule has 1 aromatic heterocycles. The molecule has 0 atom stereocenters. The van der Waals surface area contributed by atoms with Crippen molar-refractivity contribution in [2.24, 2.45) is 0 Å². The molecule has 1 aliphatic rings. The third-order valence-corrected chi connectivity index (χ3v) is 4.74. The summed E-state index contributed by atoms with van der Waals surface area (Å²) in [5.41, 5.74) is 1.28. The number of thiazole rings is 1. The summed E-state index contributed by atoms with van der Waals surface area (Å²) in [7, 11) is 0. The Hall–Kier alpha value is -2.25. The first kappa shape index (κ1) is 15.6. The number of aromatic carboxylic acids is 1. The van der Waals surface area contributed by atoms with Gasteiger partial charge in [-0.15, -0.1) is 11.3 Å². The number of carbonyl (C=O) groups excluding carboxylic acids is 2. The van der Waals surface area contributed by atoms with Crippen molar-refractivity contribution < 1.29 is 19.6 Å². The molecule has 120 valence electrons. The highest BCUT2D eigenvalue weighted by Gasteiger charge is 2.20. The van der Waals surface area contributed by atoms with Crippen molar-refractivity contribution in [3.8, 4) is 10.6 Å². The van der Waals surface area contributed by atoms with Crippen molar-refractivity contribution in [3.05, 3.63) is 35.3 Å². The second-order valence-corrected chi connectivity index (χ2v) is 6.41. The van der Waals surface area contributed by atoms with Crippen molar-refractivity contribution in [3.63, 3.8) is 0 Å². The SMILES string of the molecule is O=C(C[NH+]1CCCC1)Nc1ccccc1-c1nc(C(=O)[O-])cs1. The summed E-state index contributed by atoms with van der Waals surface area (Å²) in [6, 6.07) is 7.27. The van der Waals surface area contributed by atoms with Crippen LogP contribution in [0.3, 0.4) is 0 Å². The van der Waals surface area contributed by atoms with Gasteiger partial charge in [0.2, 0.25) is 0 Å². The molecule has 0 aliphatic carbocycles. The van der Waals surface area contributed by atoms with Crippen LogP contribution in [0.2, 0.25) is 0 Å². The number of rotatable bonds is 5. The lowest BCUT2D eigenvalue weighted by molar-refractivity contribution is -0.878. The minimum absolute atomic E-state index is 0.0361. The summed E-state index contributed by atoms with van der Waals surface area (Å²) in [6.07, 6.45) is 2.34. The van der Waals surface area contributed by atoms with Gasteiger partial charge in [0.15, 0.2) is 6.54 Å². The number of hydrogen-bond donors (Lipinski definition) is 2. The van der Waals surface area contributed by atoms with Crippen LogP contribution in [0.25, 0.3) is 10.6 Å². The lowest BCUT2D eigenvalue weighted by Crippen LogP contribution is -3.11. The molecule has 0 unspecified atom stereocenters. The van der Waals surface area contributed by atoms with E-state index in [9.17, 15) is 14.7 Å². The van der Waals surface area contributed by atoms with Crippen molar-refractivity contribution in [1.29, 1.82) is 0 Å². The number of nitrogens with one attached hydrogen (secondary N) is 2. The van der Waals surface area contributed by atoms with Gasteiger partial charge in [0.25, 0.3) is 5.91 Å². The Bertz CT molecular complexity index is 723. The number of carboxylic acids is 1. The fraction of sp³-hybridized carbons (Fsp3) is 0.312. The van der Waals surface area contributed by atoms with Crippen LogP contribution in [0.4, 0.5) is 5.69 Å². The molecule has 1 amide bonds. The van der Waals surface area contributed by atoms with Gasteiger partial charge in [-0.05, 0) is 12.1 Å². The van der Waals surface area contributed by atoms with E-state index < -0.39 is 5.97 Å². The van der Waals surface area contributed by atoms with Gasteiger partial charge >= 0.3 is 0 Å². The maximum absolute atomic E-state index is 12.2. The molecule has 1 aliphatic heterocycles. The number of anilines is 1. The van der Waals surface area contributed by atoms with Crippen molar-refractivity contribution in [2.45, 2.75) is 12.8 Å². The van der Waals surface area contributed by atoms with E-state index in [0.29, 0.717) is 17.2 Å². The van der Waals surface area contributed by atoms with Gasteiger partial charge in [-0.3, -0.25) is 4.79 Å². The van der Waals surface area contributed by atoms with E-state index in [1.807, 2.05) is 18.2 Å². The third-order valence-electron chi connectivity index (χ3n) is 3.87. The fourth-order valence-electron chi connectivity index (χ4n) is 2.74. The molecule has 0 spiro atoms. The molecule has 1 fully saturated rings. The standard InChI is InChI=1S/C16H17N3O3S/c20-14(9-19-7-3-4-8-19)17-12-6-2-1-5-11(12)15-18-13(10-23-15)16(21)22/h1-2,5-6,10H,3-4,7-9H2,(H,17,20)(H,21,22). The Labute approximate surface area is 137 Å². The molecule has 2 N–H and O–H groups in total. The van der Waals surface area contributed by atoms with Crippen LogP contribution in [-0.2, 0) is 4.79 Å². The Morgan fingerprint density at radius 2 is 2.00 bits per heavy atom. The zero-order valence-corrected chi connectivity index (χ0v) is 13.3. The minimum Gasteiger partial charge on any atom is -0.543 e. The van der Waals surface area contributed by atoms with Gasteiger partial charge in [0, 0.05) is 23.8 Å². The Morgan fingerprint density at radius 1 is 1.26 bits per heavy atom. The summed E-state index contributed by atoms with van der Waals surface area (Å²) >= 11 is 1.22. The van der Waals surface area contributed by atoms with E-state index in [1.54, 1.807) is 6.07 Å². The number of amides is 1. The van der Waals surface area contributed by atoms with Gasteiger partial charge in [-0.2, -0.15) is 0 Å². The number of hydrogen-bond acceptors (Lipinski definition) is 5. The molecule has 2 heterocycles. The number of para-hydroxylation sites is 1. The topological polar surface area (TPSA) is 86.6 Å². The summed E-state index contributed by atoms with van der Waals surface area (Å²) < 4.78 is 0. The minimum atomic E-state index is -1.30. The molecule has 1 aromatic carbocycles. The van der Waals surface area contributed by atoms with E-state index in [0.717, 1.165) is 18.7 Å². The number of carbonyl (C=O) groups is 2. The first-order valence-corrected chi connectivity index (χ1v) is 8.41.